The number of carbonyl (C=O) groups is 2. The van der Waals surface area contributed by atoms with Crippen LogP contribution in [0.1, 0.15) is 0 Å². The quantitative estimate of drug-likeness (QED) is 0.584. The van der Waals surface area contributed by atoms with Gasteiger partial charge in [0.05, 0.1) is 17.5 Å². The van der Waals surface area contributed by atoms with Crippen LogP contribution in [0.3, 0.4) is 0 Å². The Labute approximate surface area is 122 Å². The minimum absolute atomic E-state index is 0.00528. The molecule has 2 amide bonds. The minimum Gasteiger partial charge on any atom is -0.274 e. The molecular formula is C18H15NO2. The van der Waals surface area contributed by atoms with Gasteiger partial charge < -0.3 is 0 Å². The maximum absolute atomic E-state index is 12.9. The molecule has 1 aromatic carbocycles. The fourth-order valence-corrected chi connectivity index (χ4v) is 4.72. The summed E-state index contributed by atoms with van der Waals surface area (Å²) in [5.41, 5.74) is 0.710. The zero-order valence-electron chi connectivity index (χ0n) is 11.4. The van der Waals surface area contributed by atoms with Crippen LogP contribution in [0.25, 0.3) is 0 Å². The summed E-state index contributed by atoms with van der Waals surface area (Å²) in [5.74, 6) is 1.03. The maximum atomic E-state index is 12.9. The van der Waals surface area contributed by atoms with Crippen molar-refractivity contribution >= 4 is 17.5 Å². The number of anilines is 1. The second kappa shape index (κ2) is 3.73. The van der Waals surface area contributed by atoms with E-state index >= 15 is 0 Å². The number of imide groups is 1. The fraction of sp³-hybridized carbons (Fsp3) is 0.333. The van der Waals surface area contributed by atoms with Crippen LogP contribution >= 0.6 is 0 Å². The molecule has 1 aliphatic heterocycles. The number of benzene rings is 1. The van der Waals surface area contributed by atoms with Gasteiger partial charge in [0.25, 0.3) is 0 Å². The van der Waals surface area contributed by atoms with Crippen molar-refractivity contribution < 1.29 is 9.59 Å². The van der Waals surface area contributed by atoms with E-state index in [4.69, 9.17) is 0 Å². The summed E-state index contributed by atoms with van der Waals surface area (Å²) in [6.07, 6.45) is 8.78. The molecule has 21 heavy (non-hydrogen) atoms. The monoisotopic (exact) mass is 277 g/mol. The number of carbonyl (C=O) groups excluding carboxylic acids is 2. The molecule has 1 saturated heterocycles. The van der Waals surface area contributed by atoms with E-state index in [0.717, 1.165) is 0 Å². The van der Waals surface area contributed by atoms with Crippen LogP contribution in [0.2, 0.25) is 0 Å². The third-order valence-electron chi connectivity index (χ3n) is 5.69. The molecule has 6 atom stereocenters. The molecule has 3 heteroatoms. The Bertz CT molecular complexity index is 665. The van der Waals surface area contributed by atoms with Gasteiger partial charge in [0.1, 0.15) is 0 Å². The Morgan fingerprint density at radius 2 is 1.14 bits per heavy atom. The zero-order chi connectivity index (χ0) is 14.1. The van der Waals surface area contributed by atoms with E-state index in [2.05, 4.69) is 24.3 Å². The summed E-state index contributed by atoms with van der Waals surface area (Å²) >= 11 is 0. The lowest BCUT2D eigenvalue weighted by molar-refractivity contribution is -0.127. The number of para-hydroxylation sites is 1. The van der Waals surface area contributed by atoms with Crippen LogP contribution in [0.4, 0.5) is 5.69 Å². The lowest BCUT2D eigenvalue weighted by Gasteiger charge is -2.51. The fourth-order valence-electron chi connectivity index (χ4n) is 4.72. The van der Waals surface area contributed by atoms with Crippen LogP contribution in [-0.2, 0) is 9.59 Å². The highest BCUT2D eigenvalue weighted by Crippen LogP contribution is 2.58. The highest BCUT2D eigenvalue weighted by atomic mass is 16.2. The average Bonchev–Trinajstić information content (AvgIpc) is 2.73. The van der Waals surface area contributed by atoms with E-state index < -0.39 is 0 Å². The highest BCUT2D eigenvalue weighted by molar-refractivity contribution is 6.22. The Morgan fingerprint density at radius 3 is 1.62 bits per heavy atom. The Morgan fingerprint density at radius 1 is 0.667 bits per heavy atom. The van der Waals surface area contributed by atoms with Crippen molar-refractivity contribution in [2.75, 3.05) is 4.90 Å². The minimum atomic E-state index is -0.154. The molecule has 0 N–H and O–H groups in total. The number of hydrogen-bond acceptors (Lipinski definition) is 2. The van der Waals surface area contributed by atoms with Gasteiger partial charge in [-0.1, -0.05) is 42.5 Å². The molecule has 2 bridgehead atoms. The summed E-state index contributed by atoms with van der Waals surface area (Å²) < 4.78 is 0. The van der Waals surface area contributed by atoms with Crippen LogP contribution in [-0.4, -0.2) is 11.8 Å². The summed E-state index contributed by atoms with van der Waals surface area (Å²) in [6, 6.07) is 9.33. The lowest BCUT2D eigenvalue weighted by Crippen LogP contribution is -2.50. The van der Waals surface area contributed by atoms with E-state index in [9.17, 15) is 9.59 Å². The number of allylic oxidation sites excluding steroid dienone is 4. The second-order valence-electron chi connectivity index (χ2n) is 6.48. The topological polar surface area (TPSA) is 37.4 Å². The van der Waals surface area contributed by atoms with E-state index in [1.54, 1.807) is 0 Å². The van der Waals surface area contributed by atoms with Gasteiger partial charge in [-0.2, -0.15) is 0 Å². The molecular weight excluding hydrogens is 262 g/mol. The van der Waals surface area contributed by atoms with E-state index in [-0.39, 0.29) is 35.5 Å². The smallest absolute Gasteiger partial charge is 0.238 e. The average molecular weight is 277 g/mol. The third kappa shape index (κ3) is 1.25. The number of amides is 2. The molecule has 1 saturated carbocycles. The Balaban J connectivity index is 1.61. The van der Waals surface area contributed by atoms with Crippen molar-refractivity contribution in [3.8, 4) is 0 Å². The first-order chi connectivity index (χ1) is 10.3. The van der Waals surface area contributed by atoms with Gasteiger partial charge in [0.15, 0.2) is 0 Å². The van der Waals surface area contributed by atoms with E-state index in [1.165, 1.54) is 4.90 Å². The van der Waals surface area contributed by atoms with E-state index in [0.29, 0.717) is 17.5 Å². The van der Waals surface area contributed by atoms with Crippen LogP contribution < -0.4 is 4.90 Å². The molecule has 0 aromatic heterocycles. The van der Waals surface area contributed by atoms with Crippen molar-refractivity contribution in [3.63, 3.8) is 0 Å². The zero-order valence-corrected chi connectivity index (χ0v) is 11.4. The summed E-state index contributed by atoms with van der Waals surface area (Å²) in [5, 5.41) is 0. The van der Waals surface area contributed by atoms with Gasteiger partial charge in [-0.05, 0) is 35.8 Å². The number of hydrogen-bond donors (Lipinski definition) is 0. The van der Waals surface area contributed by atoms with Gasteiger partial charge in [-0.3, -0.25) is 14.5 Å². The van der Waals surface area contributed by atoms with Gasteiger partial charge >= 0.3 is 0 Å². The molecule has 6 rings (SSSR count). The standard InChI is InChI=1S/C18H15NO2/c20-17-15-13-8-9-14(12-7-6-11(12)13)16(15)18(21)19(17)10-4-2-1-3-5-10/h1-9,11-16H/t11-,12-,13-,14+,15+,16-/m0/s1. The lowest BCUT2D eigenvalue weighted by atomic mass is 9.50. The molecule has 5 aliphatic rings. The summed E-state index contributed by atoms with van der Waals surface area (Å²) in [4.78, 5) is 27.2. The van der Waals surface area contributed by atoms with Crippen molar-refractivity contribution in [1.82, 2.24) is 0 Å². The highest BCUT2D eigenvalue weighted by Gasteiger charge is 2.62. The molecule has 0 unspecified atom stereocenters. The summed E-state index contributed by atoms with van der Waals surface area (Å²) in [6.45, 7) is 0. The normalized spacial score (nSPS) is 42.0. The molecule has 0 spiro atoms. The molecule has 1 aromatic rings. The SMILES string of the molecule is O=C1[C@@H]2[C@H]3C=C[C@H]([C@H]4C=C[C@@H]43)[C@@H]2C(=O)N1c1ccccc1. The van der Waals surface area contributed by atoms with Crippen molar-refractivity contribution in [2.45, 2.75) is 0 Å². The number of nitrogens with zero attached hydrogens (tertiary/aromatic N) is 1. The second-order valence-corrected chi connectivity index (χ2v) is 6.48. The predicted molar refractivity (Wildman–Crippen MR) is 78.2 cm³/mol. The van der Waals surface area contributed by atoms with Crippen molar-refractivity contribution in [1.29, 1.82) is 0 Å². The molecule has 4 aliphatic carbocycles. The van der Waals surface area contributed by atoms with Crippen molar-refractivity contribution in [2.24, 2.45) is 35.5 Å². The van der Waals surface area contributed by atoms with Gasteiger partial charge in [-0.15, -0.1) is 0 Å². The van der Waals surface area contributed by atoms with Crippen LogP contribution in [0, 0.1) is 35.5 Å². The van der Waals surface area contributed by atoms with Gasteiger partial charge in [-0.25, -0.2) is 0 Å². The number of rotatable bonds is 1. The molecule has 0 radical (unpaired) electrons. The molecule has 104 valence electrons. The largest absolute Gasteiger partial charge is 0.274 e. The molecule has 1 heterocycles. The third-order valence-corrected chi connectivity index (χ3v) is 5.69. The Hall–Kier alpha value is -2.16. The van der Waals surface area contributed by atoms with Gasteiger partial charge in [0.2, 0.25) is 11.8 Å². The first-order valence-corrected chi connectivity index (χ1v) is 7.57. The maximum Gasteiger partial charge on any atom is 0.238 e. The van der Waals surface area contributed by atoms with Crippen molar-refractivity contribution in [3.05, 3.63) is 54.6 Å². The first kappa shape index (κ1) is 11.5. The van der Waals surface area contributed by atoms with Crippen LogP contribution in [0.15, 0.2) is 54.6 Å². The Kier molecular flexibility index (Phi) is 2.04. The summed E-state index contributed by atoms with van der Waals surface area (Å²) in [7, 11) is 0. The van der Waals surface area contributed by atoms with Gasteiger partial charge in [0, 0.05) is 0 Å². The predicted octanol–water partition coefficient (Wildman–Crippen LogP) is 2.41. The molecule has 2 fully saturated rings. The van der Waals surface area contributed by atoms with Crippen LogP contribution in [0.5, 0.6) is 0 Å². The first-order valence-electron chi connectivity index (χ1n) is 7.57. The van der Waals surface area contributed by atoms with E-state index in [1.807, 2.05) is 30.3 Å². The molecule has 3 nitrogen and oxygen atoms in total.